The van der Waals surface area contributed by atoms with Gasteiger partial charge in [0.25, 0.3) is 0 Å². The van der Waals surface area contributed by atoms with Crippen molar-refractivity contribution in [2.45, 2.75) is 77.9 Å². The number of nitrogens with zero attached hydrogens (tertiary/aromatic N) is 1. The molecule has 0 radical (unpaired) electrons. The summed E-state index contributed by atoms with van der Waals surface area (Å²) in [6.07, 6.45) is 8.58. The van der Waals surface area contributed by atoms with Gasteiger partial charge in [0.1, 0.15) is 0 Å². The molecule has 3 fully saturated rings. The molecule has 3 N–H and O–H groups in total. The SMILES string of the molecule is CC(=NO)C1CCC2C3CC=C4C[C@@H](O)CC[C@]4(C)C3C(O)C[C@]12C. The van der Waals surface area contributed by atoms with Gasteiger partial charge in [-0.25, -0.2) is 0 Å². The first-order chi connectivity index (χ1) is 11.8. The van der Waals surface area contributed by atoms with Crippen LogP contribution in [0.5, 0.6) is 0 Å². The van der Waals surface area contributed by atoms with E-state index in [0.717, 1.165) is 44.2 Å². The number of hydrogen-bond donors (Lipinski definition) is 3. The van der Waals surface area contributed by atoms with Crippen LogP contribution in [0.1, 0.15) is 65.7 Å². The lowest BCUT2D eigenvalue weighted by Gasteiger charge is -2.59. The molecule has 8 atom stereocenters. The first-order valence-electron chi connectivity index (χ1n) is 10.1. The van der Waals surface area contributed by atoms with Crippen LogP contribution in [-0.2, 0) is 0 Å². The lowest BCUT2D eigenvalue weighted by molar-refractivity contribution is -0.120. The molecule has 0 bridgehead atoms. The molecule has 0 amide bonds. The quantitative estimate of drug-likeness (QED) is 0.293. The minimum atomic E-state index is -0.303. The van der Waals surface area contributed by atoms with Crippen LogP contribution in [0, 0.1) is 34.5 Å². The van der Waals surface area contributed by atoms with E-state index in [1.807, 2.05) is 6.92 Å². The number of oxime groups is 1. The molecule has 0 heterocycles. The zero-order valence-corrected chi connectivity index (χ0v) is 15.8. The number of hydrogen-bond acceptors (Lipinski definition) is 4. The van der Waals surface area contributed by atoms with Gasteiger partial charge in [-0.05, 0) is 80.5 Å². The van der Waals surface area contributed by atoms with Crippen molar-refractivity contribution in [3.8, 4) is 0 Å². The summed E-state index contributed by atoms with van der Waals surface area (Å²) in [4.78, 5) is 0. The highest BCUT2D eigenvalue weighted by Gasteiger charge is 2.61. The van der Waals surface area contributed by atoms with Crippen molar-refractivity contribution in [2.75, 3.05) is 0 Å². The van der Waals surface area contributed by atoms with Crippen molar-refractivity contribution < 1.29 is 15.4 Å². The van der Waals surface area contributed by atoms with Gasteiger partial charge in [0.2, 0.25) is 0 Å². The molecule has 0 saturated heterocycles. The predicted octanol–water partition coefficient (Wildman–Crippen LogP) is 3.75. The van der Waals surface area contributed by atoms with Crippen LogP contribution in [0.4, 0.5) is 0 Å². The predicted molar refractivity (Wildman–Crippen MR) is 97.5 cm³/mol. The topological polar surface area (TPSA) is 73.1 Å². The Kier molecular flexibility index (Phi) is 4.08. The Labute approximate surface area is 151 Å². The highest BCUT2D eigenvalue weighted by molar-refractivity contribution is 5.85. The lowest BCUT2D eigenvalue weighted by atomic mass is 9.46. The maximum Gasteiger partial charge on any atom is 0.0585 e. The van der Waals surface area contributed by atoms with E-state index in [9.17, 15) is 15.4 Å². The molecule has 0 aromatic rings. The van der Waals surface area contributed by atoms with Crippen LogP contribution in [0.2, 0.25) is 0 Å². The summed E-state index contributed by atoms with van der Waals surface area (Å²) in [5, 5.41) is 34.2. The van der Waals surface area contributed by atoms with Crippen LogP contribution in [0.15, 0.2) is 16.8 Å². The Morgan fingerprint density at radius 2 is 1.96 bits per heavy atom. The van der Waals surface area contributed by atoms with Gasteiger partial charge in [-0.15, -0.1) is 0 Å². The molecule has 0 aliphatic heterocycles. The summed E-state index contributed by atoms with van der Waals surface area (Å²) in [5.74, 6) is 1.69. The largest absolute Gasteiger partial charge is 0.411 e. The minimum Gasteiger partial charge on any atom is -0.411 e. The minimum absolute atomic E-state index is 0.0345. The maximum atomic E-state index is 11.3. The van der Waals surface area contributed by atoms with Gasteiger partial charge in [-0.1, -0.05) is 30.7 Å². The average Bonchev–Trinajstić information content (AvgIpc) is 2.91. The third-order valence-corrected chi connectivity index (χ3v) is 8.67. The molecule has 4 aliphatic rings. The molecule has 140 valence electrons. The van der Waals surface area contributed by atoms with Gasteiger partial charge >= 0.3 is 0 Å². The fourth-order valence-electron chi connectivity index (χ4n) is 7.53. The molecule has 3 saturated carbocycles. The van der Waals surface area contributed by atoms with E-state index in [4.69, 9.17) is 0 Å². The number of rotatable bonds is 1. The zero-order valence-electron chi connectivity index (χ0n) is 15.8. The molecular weight excluding hydrogens is 314 g/mol. The van der Waals surface area contributed by atoms with Crippen LogP contribution in [0.25, 0.3) is 0 Å². The second-order valence-corrected chi connectivity index (χ2v) is 9.72. The van der Waals surface area contributed by atoms with E-state index in [2.05, 4.69) is 25.1 Å². The fraction of sp³-hybridized carbons (Fsp3) is 0.857. The van der Waals surface area contributed by atoms with Gasteiger partial charge in [-0.3, -0.25) is 0 Å². The van der Waals surface area contributed by atoms with Gasteiger partial charge in [0.15, 0.2) is 0 Å². The standard InChI is InChI=1S/C21H33NO3/c1-12(22-25)16-6-7-17-15-5-4-13-10-14(23)8-9-20(13,2)19(15)18(24)11-21(16,17)3/h4,14-19,23-25H,5-11H2,1-3H3/t14-,15?,16?,17?,18?,19?,20-,21+/m0/s1. The maximum absolute atomic E-state index is 11.3. The van der Waals surface area contributed by atoms with E-state index in [1.54, 1.807) is 0 Å². The zero-order chi connectivity index (χ0) is 18.0. The van der Waals surface area contributed by atoms with Crippen LogP contribution >= 0.6 is 0 Å². The number of aliphatic hydroxyl groups excluding tert-OH is 2. The highest BCUT2D eigenvalue weighted by Crippen LogP contribution is 2.66. The van der Waals surface area contributed by atoms with Gasteiger partial charge in [-0.2, -0.15) is 0 Å². The molecule has 0 aromatic heterocycles. The summed E-state index contributed by atoms with van der Waals surface area (Å²) in [5.41, 5.74) is 2.29. The summed E-state index contributed by atoms with van der Waals surface area (Å²) >= 11 is 0. The van der Waals surface area contributed by atoms with Crippen molar-refractivity contribution in [3.63, 3.8) is 0 Å². The first-order valence-corrected chi connectivity index (χ1v) is 10.1. The highest BCUT2D eigenvalue weighted by atomic mass is 16.4. The summed E-state index contributed by atoms with van der Waals surface area (Å²) in [6, 6.07) is 0. The van der Waals surface area contributed by atoms with Crippen LogP contribution in [0.3, 0.4) is 0 Å². The summed E-state index contributed by atoms with van der Waals surface area (Å²) < 4.78 is 0. The lowest BCUT2D eigenvalue weighted by Crippen LogP contribution is -2.56. The molecule has 4 rings (SSSR count). The Morgan fingerprint density at radius 1 is 1.20 bits per heavy atom. The summed E-state index contributed by atoms with van der Waals surface area (Å²) in [7, 11) is 0. The molecule has 5 unspecified atom stereocenters. The Bertz CT molecular complexity index is 614. The second-order valence-electron chi connectivity index (χ2n) is 9.72. The van der Waals surface area contributed by atoms with E-state index in [0.29, 0.717) is 17.8 Å². The van der Waals surface area contributed by atoms with Crippen molar-refractivity contribution in [2.24, 2.45) is 39.7 Å². The van der Waals surface area contributed by atoms with Gasteiger partial charge < -0.3 is 15.4 Å². The van der Waals surface area contributed by atoms with Crippen molar-refractivity contribution in [3.05, 3.63) is 11.6 Å². The van der Waals surface area contributed by atoms with Gasteiger partial charge in [0, 0.05) is 5.92 Å². The van der Waals surface area contributed by atoms with Crippen molar-refractivity contribution >= 4 is 5.71 Å². The normalized spacial score (nSPS) is 52.8. The molecular formula is C21H33NO3. The molecule has 4 aliphatic carbocycles. The third-order valence-electron chi connectivity index (χ3n) is 8.67. The Hall–Kier alpha value is -0.870. The van der Waals surface area contributed by atoms with E-state index < -0.39 is 0 Å². The fourth-order valence-corrected chi connectivity index (χ4v) is 7.53. The second kappa shape index (κ2) is 5.82. The number of fused-ring (bicyclic) bond motifs is 5. The van der Waals surface area contributed by atoms with Crippen LogP contribution in [-0.4, -0.2) is 33.3 Å². The Balaban J connectivity index is 1.71. The molecule has 0 aromatic carbocycles. The van der Waals surface area contributed by atoms with E-state index in [-0.39, 0.29) is 29.0 Å². The van der Waals surface area contributed by atoms with Crippen LogP contribution < -0.4 is 0 Å². The van der Waals surface area contributed by atoms with E-state index >= 15 is 0 Å². The first kappa shape index (κ1) is 17.5. The monoisotopic (exact) mass is 347 g/mol. The van der Waals surface area contributed by atoms with Crippen molar-refractivity contribution in [1.29, 1.82) is 0 Å². The van der Waals surface area contributed by atoms with E-state index in [1.165, 1.54) is 12.0 Å². The molecule has 25 heavy (non-hydrogen) atoms. The average molecular weight is 347 g/mol. The number of allylic oxidation sites excluding steroid dienone is 1. The third kappa shape index (κ3) is 2.36. The van der Waals surface area contributed by atoms with Gasteiger partial charge in [0.05, 0.1) is 17.9 Å². The molecule has 4 heteroatoms. The van der Waals surface area contributed by atoms with Crippen molar-refractivity contribution in [1.82, 2.24) is 0 Å². The smallest absolute Gasteiger partial charge is 0.0585 e. The number of aliphatic hydroxyl groups is 2. The molecule has 4 nitrogen and oxygen atoms in total. The summed E-state index contributed by atoms with van der Waals surface area (Å²) in [6.45, 7) is 6.58. The molecule has 0 spiro atoms. The Morgan fingerprint density at radius 3 is 2.68 bits per heavy atom.